The van der Waals surface area contributed by atoms with Crippen LogP contribution in [0.25, 0.3) is 0 Å². The first-order chi connectivity index (χ1) is 10.7. The summed E-state index contributed by atoms with van der Waals surface area (Å²) in [5, 5.41) is 5.51. The van der Waals surface area contributed by atoms with E-state index in [0.29, 0.717) is 13.0 Å². The van der Waals surface area contributed by atoms with Gasteiger partial charge in [0.15, 0.2) is 0 Å². The fourth-order valence-electron chi connectivity index (χ4n) is 2.58. The van der Waals surface area contributed by atoms with Crippen molar-refractivity contribution in [2.75, 3.05) is 13.1 Å². The van der Waals surface area contributed by atoms with E-state index in [1.54, 1.807) is 0 Å². The van der Waals surface area contributed by atoms with Gasteiger partial charge < -0.3 is 10.6 Å². The van der Waals surface area contributed by atoms with Crippen molar-refractivity contribution < 1.29 is 9.59 Å². The fraction of sp³-hybridized carbons (Fsp3) is 0.444. The fourth-order valence-corrected chi connectivity index (χ4v) is 2.58. The van der Waals surface area contributed by atoms with E-state index in [2.05, 4.69) is 16.7 Å². The minimum absolute atomic E-state index is 0.0463. The van der Waals surface area contributed by atoms with Crippen LogP contribution in [0.4, 0.5) is 0 Å². The molecule has 0 radical (unpaired) electrons. The van der Waals surface area contributed by atoms with E-state index in [4.69, 9.17) is 0 Å². The van der Waals surface area contributed by atoms with Crippen molar-refractivity contribution >= 4 is 11.8 Å². The second-order valence-electron chi connectivity index (χ2n) is 5.65. The molecule has 0 heterocycles. The second-order valence-corrected chi connectivity index (χ2v) is 5.65. The average molecular weight is 300 g/mol. The van der Waals surface area contributed by atoms with Gasteiger partial charge in [-0.05, 0) is 37.7 Å². The molecule has 0 aromatic heterocycles. The first kappa shape index (κ1) is 16.3. The Morgan fingerprint density at radius 1 is 1.00 bits per heavy atom. The Morgan fingerprint density at radius 2 is 1.82 bits per heavy atom. The largest absolute Gasteiger partial charge is 0.354 e. The van der Waals surface area contributed by atoms with E-state index in [-0.39, 0.29) is 18.4 Å². The summed E-state index contributed by atoms with van der Waals surface area (Å²) in [5.74, 6) is -0.255. The number of hydrogen-bond donors (Lipinski definition) is 2. The van der Waals surface area contributed by atoms with E-state index in [0.717, 1.165) is 18.4 Å². The Hall–Kier alpha value is -2.10. The lowest BCUT2D eigenvalue weighted by Gasteiger charge is -2.13. The van der Waals surface area contributed by atoms with Gasteiger partial charge in [-0.25, -0.2) is 0 Å². The van der Waals surface area contributed by atoms with Crippen molar-refractivity contribution in [3.8, 4) is 0 Å². The van der Waals surface area contributed by atoms with E-state index in [9.17, 15) is 9.59 Å². The Bertz CT molecular complexity index is 523. The van der Waals surface area contributed by atoms with Crippen LogP contribution in [0.3, 0.4) is 0 Å². The van der Waals surface area contributed by atoms with Crippen LogP contribution >= 0.6 is 0 Å². The summed E-state index contributed by atoms with van der Waals surface area (Å²) < 4.78 is 0. The van der Waals surface area contributed by atoms with Gasteiger partial charge in [-0.3, -0.25) is 9.59 Å². The van der Waals surface area contributed by atoms with Crippen LogP contribution in [0.2, 0.25) is 0 Å². The monoisotopic (exact) mass is 300 g/mol. The Kier molecular flexibility index (Phi) is 6.68. The highest BCUT2D eigenvalue weighted by Gasteiger charge is 2.07. The van der Waals surface area contributed by atoms with Gasteiger partial charge in [-0.2, -0.15) is 0 Å². The molecule has 0 saturated heterocycles. The number of carbonyl (C=O) groups excluding carboxylic acids is 2. The molecule has 1 aromatic carbocycles. The molecule has 4 heteroatoms. The van der Waals surface area contributed by atoms with Crippen LogP contribution in [0.5, 0.6) is 0 Å². The van der Waals surface area contributed by atoms with Gasteiger partial charge in [-0.15, -0.1) is 0 Å². The number of rotatable bonds is 7. The van der Waals surface area contributed by atoms with Crippen LogP contribution in [-0.4, -0.2) is 24.9 Å². The maximum absolute atomic E-state index is 11.7. The molecule has 2 amide bonds. The molecule has 4 nitrogen and oxygen atoms in total. The summed E-state index contributed by atoms with van der Waals surface area (Å²) in [5.41, 5.74) is 2.39. The van der Waals surface area contributed by atoms with Gasteiger partial charge in [0, 0.05) is 6.54 Å². The number of allylic oxidation sites excluding steroid dienone is 1. The smallest absolute Gasteiger partial charge is 0.239 e. The van der Waals surface area contributed by atoms with Gasteiger partial charge in [0.2, 0.25) is 11.8 Å². The Labute approximate surface area is 132 Å². The minimum atomic E-state index is -0.128. The lowest BCUT2D eigenvalue weighted by Crippen LogP contribution is -2.38. The topological polar surface area (TPSA) is 58.2 Å². The number of hydrogen-bond acceptors (Lipinski definition) is 2. The van der Waals surface area contributed by atoms with Crippen LogP contribution in [0, 0.1) is 0 Å². The van der Waals surface area contributed by atoms with E-state index < -0.39 is 0 Å². The normalized spacial score (nSPS) is 14.1. The van der Waals surface area contributed by atoms with Crippen molar-refractivity contribution in [2.24, 2.45) is 0 Å². The molecular formula is C18H24N2O2. The molecule has 0 aliphatic heterocycles. The van der Waals surface area contributed by atoms with Crippen molar-refractivity contribution in [1.29, 1.82) is 0 Å². The molecule has 118 valence electrons. The lowest BCUT2D eigenvalue weighted by molar-refractivity contribution is -0.125. The molecule has 2 N–H and O–H groups in total. The van der Waals surface area contributed by atoms with Gasteiger partial charge in [0.05, 0.1) is 13.0 Å². The first-order valence-electron chi connectivity index (χ1n) is 7.99. The standard InChI is InChI=1S/C18H24N2O2/c21-17(13-16-9-5-2-6-10-16)20-14-18(22)19-12-11-15-7-3-1-4-8-15/h2,5-7,9-10H,1,3-4,8,11-14H2,(H,19,22)(H,20,21). The molecule has 0 fully saturated rings. The number of benzene rings is 1. The molecule has 1 aliphatic rings. The number of amides is 2. The maximum atomic E-state index is 11.7. The highest BCUT2D eigenvalue weighted by molar-refractivity contribution is 5.85. The maximum Gasteiger partial charge on any atom is 0.239 e. The predicted molar refractivity (Wildman–Crippen MR) is 87.3 cm³/mol. The molecule has 0 saturated carbocycles. The van der Waals surface area contributed by atoms with Crippen molar-refractivity contribution in [3.63, 3.8) is 0 Å². The first-order valence-corrected chi connectivity index (χ1v) is 7.99. The third kappa shape index (κ3) is 6.12. The third-order valence-electron chi connectivity index (χ3n) is 3.81. The SMILES string of the molecule is O=C(CNC(=O)Cc1ccccc1)NCCC1=CCCCC1. The molecule has 1 aliphatic carbocycles. The molecule has 0 bridgehead atoms. The van der Waals surface area contributed by atoms with Crippen molar-refractivity contribution in [3.05, 3.63) is 47.5 Å². The summed E-state index contributed by atoms with van der Waals surface area (Å²) >= 11 is 0. The van der Waals surface area contributed by atoms with Gasteiger partial charge in [0.1, 0.15) is 0 Å². The van der Waals surface area contributed by atoms with E-state index >= 15 is 0 Å². The quantitative estimate of drug-likeness (QED) is 0.759. The van der Waals surface area contributed by atoms with Gasteiger partial charge in [0.25, 0.3) is 0 Å². The zero-order chi connectivity index (χ0) is 15.6. The van der Waals surface area contributed by atoms with Crippen LogP contribution < -0.4 is 10.6 Å². The van der Waals surface area contributed by atoms with Crippen molar-refractivity contribution in [1.82, 2.24) is 10.6 Å². The van der Waals surface area contributed by atoms with Crippen LogP contribution in [0.15, 0.2) is 42.0 Å². The van der Waals surface area contributed by atoms with E-state index in [1.807, 2.05) is 30.3 Å². The van der Waals surface area contributed by atoms with Crippen LogP contribution in [0.1, 0.15) is 37.7 Å². The zero-order valence-electron chi connectivity index (χ0n) is 12.9. The summed E-state index contributed by atoms with van der Waals surface area (Å²) in [6.07, 6.45) is 8.38. The summed E-state index contributed by atoms with van der Waals surface area (Å²) in [6.45, 7) is 0.698. The highest BCUT2D eigenvalue weighted by Crippen LogP contribution is 2.19. The second kappa shape index (κ2) is 9.03. The zero-order valence-corrected chi connectivity index (χ0v) is 12.9. The minimum Gasteiger partial charge on any atom is -0.354 e. The van der Waals surface area contributed by atoms with Crippen molar-refractivity contribution in [2.45, 2.75) is 38.5 Å². The number of carbonyl (C=O) groups is 2. The molecule has 0 unspecified atom stereocenters. The summed E-state index contributed by atoms with van der Waals surface area (Å²) in [7, 11) is 0. The molecule has 0 atom stereocenters. The molecule has 1 aromatic rings. The lowest BCUT2D eigenvalue weighted by atomic mass is 9.97. The molecule has 22 heavy (non-hydrogen) atoms. The summed E-state index contributed by atoms with van der Waals surface area (Å²) in [4.78, 5) is 23.4. The molecular weight excluding hydrogens is 276 g/mol. The van der Waals surface area contributed by atoms with Gasteiger partial charge >= 0.3 is 0 Å². The Balaban J connectivity index is 1.59. The van der Waals surface area contributed by atoms with Gasteiger partial charge in [-0.1, -0.05) is 42.0 Å². The molecule has 2 rings (SSSR count). The highest BCUT2D eigenvalue weighted by atomic mass is 16.2. The third-order valence-corrected chi connectivity index (χ3v) is 3.81. The average Bonchev–Trinajstić information content (AvgIpc) is 2.55. The summed E-state index contributed by atoms with van der Waals surface area (Å²) in [6, 6.07) is 9.51. The molecule has 0 spiro atoms. The number of nitrogens with one attached hydrogen (secondary N) is 2. The Morgan fingerprint density at radius 3 is 2.55 bits per heavy atom. The van der Waals surface area contributed by atoms with E-state index in [1.165, 1.54) is 24.8 Å². The predicted octanol–water partition coefficient (Wildman–Crippen LogP) is 2.35. The van der Waals surface area contributed by atoms with Crippen LogP contribution in [-0.2, 0) is 16.0 Å².